The molecule has 3 heterocycles. The number of carbonyl (C=O) groups excluding carboxylic acids is 2. The number of nitrogens with zero attached hydrogens (tertiary/aromatic N) is 2. The quantitative estimate of drug-likeness (QED) is 0.103. The van der Waals surface area contributed by atoms with Crippen LogP contribution in [0.25, 0.3) is 0 Å². The molecule has 1 fully saturated rings. The molecule has 3 aromatic carbocycles. The molecule has 2 amide bonds. The second kappa shape index (κ2) is 14.8. The largest absolute Gasteiger partial charge is 0.494 e. The van der Waals surface area contributed by atoms with E-state index in [2.05, 4.69) is 21.2 Å². The highest BCUT2D eigenvalue weighted by molar-refractivity contribution is 9.10. The summed E-state index contributed by atoms with van der Waals surface area (Å²) < 4.78 is 29.2. The van der Waals surface area contributed by atoms with Crippen molar-refractivity contribution in [2.75, 3.05) is 36.2 Å². The molecule has 3 aliphatic rings. The number of ether oxygens (including phenoxy) is 2. The Labute approximate surface area is 303 Å². The Hall–Kier alpha value is -3.13. The van der Waals surface area contributed by atoms with Gasteiger partial charge in [0.15, 0.2) is 5.60 Å². The van der Waals surface area contributed by atoms with Crippen LogP contribution in [-0.2, 0) is 32.9 Å². The Kier molecular flexibility index (Phi) is 10.9. The molecule has 9 nitrogen and oxygen atoms in total. The SMILES string of the molecule is CCOc1ccc2c(c1)CC(NCCCCO)C(=O)N2c1cccc(CN2C(=O)[C@]3(O[C@H](CCO)[C@@H]([Si](C)(C)F)[C@@H]3C)c3cc(Br)ccc32)c1. The fourth-order valence-electron chi connectivity index (χ4n) is 8.27. The highest BCUT2D eigenvalue weighted by atomic mass is 79.9. The number of carbonyl (C=O) groups is 2. The number of nitrogens with one attached hydrogen (secondary N) is 1. The first kappa shape index (κ1) is 36.7. The molecule has 0 bridgehead atoms. The summed E-state index contributed by atoms with van der Waals surface area (Å²) in [5.74, 6) is -0.0391. The van der Waals surface area contributed by atoms with Crippen LogP contribution in [0.3, 0.4) is 0 Å². The molecule has 6 rings (SSSR count). The molecule has 3 aromatic rings. The summed E-state index contributed by atoms with van der Waals surface area (Å²) in [7, 11) is -3.31. The van der Waals surface area contributed by atoms with Crippen molar-refractivity contribution in [1.82, 2.24) is 5.32 Å². The lowest BCUT2D eigenvalue weighted by atomic mass is 9.82. The molecular weight excluding hydrogens is 721 g/mol. The van der Waals surface area contributed by atoms with Crippen LogP contribution in [0.2, 0.25) is 18.6 Å². The standard InChI is InChI=1S/C38H47BrFN3O6Si/c1-5-48-29-12-14-32-26(20-29)21-31(41-16-6-7-17-44)36(46)43(32)28-10-8-9-25(19-28)23-42-33-13-11-27(39)22-30(33)38(37(42)47)24(2)35(50(3,4)40)34(49-38)15-18-45/h8-14,19-20,22,24,31,34-35,41,44-45H,5-7,15-18,21,23H2,1-4H3/t24-,31?,34+,35-,38+/m0/s1. The van der Waals surface area contributed by atoms with E-state index in [1.165, 1.54) is 0 Å². The first-order valence-corrected chi connectivity index (χ1v) is 21.3. The van der Waals surface area contributed by atoms with Crippen LogP contribution in [0.1, 0.15) is 49.8 Å². The van der Waals surface area contributed by atoms with Crippen molar-refractivity contribution in [3.05, 3.63) is 81.8 Å². The Bertz CT molecular complexity index is 1740. The zero-order valence-electron chi connectivity index (χ0n) is 29.1. The summed E-state index contributed by atoms with van der Waals surface area (Å²) in [6.45, 7) is 8.44. The molecule has 3 aliphatic heterocycles. The van der Waals surface area contributed by atoms with Crippen LogP contribution in [0, 0.1) is 5.92 Å². The molecule has 5 atom stereocenters. The first-order valence-electron chi connectivity index (χ1n) is 17.6. The third-order valence-corrected chi connectivity index (χ3v) is 13.3. The third kappa shape index (κ3) is 6.66. The normalized spacial score (nSPS) is 24.6. The lowest BCUT2D eigenvalue weighted by Crippen LogP contribution is -2.49. The van der Waals surface area contributed by atoms with Gasteiger partial charge in [0.2, 0.25) is 14.3 Å². The zero-order valence-corrected chi connectivity index (χ0v) is 31.7. The number of rotatable bonds is 13. The van der Waals surface area contributed by atoms with E-state index in [1.807, 2.05) is 74.5 Å². The Morgan fingerprint density at radius 1 is 1.06 bits per heavy atom. The molecule has 12 heteroatoms. The summed E-state index contributed by atoms with van der Waals surface area (Å²) in [5.41, 5.74) is 2.79. The average molecular weight is 769 g/mol. The molecule has 1 unspecified atom stereocenters. The molecule has 1 saturated heterocycles. The second-order valence-corrected chi connectivity index (χ2v) is 18.8. The van der Waals surface area contributed by atoms with E-state index in [-0.39, 0.29) is 38.0 Å². The van der Waals surface area contributed by atoms with Crippen molar-refractivity contribution >= 4 is 53.2 Å². The topological polar surface area (TPSA) is 112 Å². The molecule has 0 aliphatic carbocycles. The molecule has 50 heavy (non-hydrogen) atoms. The van der Waals surface area contributed by atoms with Gasteiger partial charge in [-0.3, -0.25) is 14.5 Å². The lowest BCUT2D eigenvalue weighted by molar-refractivity contribution is -0.146. The van der Waals surface area contributed by atoms with Crippen molar-refractivity contribution in [3.63, 3.8) is 0 Å². The predicted octanol–water partition coefficient (Wildman–Crippen LogP) is 6.50. The molecule has 0 radical (unpaired) electrons. The maximum Gasteiger partial charge on any atom is 0.264 e. The van der Waals surface area contributed by atoms with Gasteiger partial charge in [-0.1, -0.05) is 35.0 Å². The van der Waals surface area contributed by atoms with Crippen molar-refractivity contribution in [2.24, 2.45) is 5.92 Å². The van der Waals surface area contributed by atoms with Crippen molar-refractivity contribution < 1.29 is 33.4 Å². The minimum absolute atomic E-state index is 0.0821. The van der Waals surface area contributed by atoms with Crippen LogP contribution >= 0.6 is 15.9 Å². The first-order chi connectivity index (χ1) is 23.9. The second-order valence-electron chi connectivity index (χ2n) is 14.0. The Morgan fingerprint density at radius 2 is 1.84 bits per heavy atom. The van der Waals surface area contributed by atoms with Gasteiger partial charge >= 0.3 is 0 Å². The summed E-state index contributed by atoms with van der Waals surface area (Å²) in [6, 6.07) is 18.7. The van der Waals surface area contributed by atoms with Crippen molar-refractivity contribution in [1.29, 1.82) is 0 Å². The molecule has 268 valence electrons. The van der Waals surface area contributed by atoms with Crippen molar-refractivity contribution in [2.45, 2.75) is 82.5 Å². The molecule has 0 aromatic heterocycles. The van der Waals surface area contributed by atoms with Gasteiger partial charge in [0.1, 0.15) is 5.75 Å². The van der Waals surface area contributed by atoms with Crippen LogP contribution in [0.5, 0.6) is 5.75 Å². The van der Waals surface area contributed by atoms with E-state index in [0.717, 1.165) is 33.5 Å². The van der Waals surface area contributed by atoms with Crippen molar-refractivity contribution in [3.8, 4) is 5.75 Å². The zero-order chi connectivity index (χ0) is 35.8. The minimum atomic E-state index is -3.31. The number of hydrogen-bond donors (Lipinski definition) is 3. The molecule has 0 saturated carbocycles. The van der Waals surface area contributed by atoms with Crippen LogP contribution < -0.4 is 19.9 Å². The summed E-state index contributed by atoms with van der Waals surface area (Å²) in [4.78, 5) is 32.3. The van der Waals surface area contributed by atoms with Gasteiger partial charge in [-0.05, 0) is 112 Å². The predicted molar refractivity (Wildman–Crippen MR) is 198 cm³/mol. The van der Waals surface area contributed by atoms with Crippen LogP contribution in [-0.4, -0.2) is 68.9 Å². The van der Waals surface area contributed by atoms with Gasteiger partial charge in [-0.2, -0.15) is 0 Å². The number of aliphatic hydroxyl groups excluding tert-OH is 2. The number of aliphatic hydroxyl groups is 2. The number of fused-ring (bicyclic) bond motifs is 3. The van der Waals surface area contributed by atoms with E-state index >= 15 is 4.11 Å². The molecular formula is C38H47BrFN3O6Si. The van der Waals surface area contributed by atoms with E-state index < -0.39 is 37.6 Å². The van der Waals surface area contributed by atoms with Gasteiger partial charge in [-0.25, -0.2) is 0 Å². The lowest BCUT2D eigenvalue weighted by Gasteiger charge is -2.35. The smallest absolute Gasteiger partial charge is 0.264 e. The van der Waals surface area contributed by atoms with Gasteiger partial charge in [0, 0.05) is 40.4 Å². The summed E-state index contributed by atoms with van der Waals surface area (Å²) in [5, 5.41) is 22.5. The van der Waals surface area contributed by atoms with Crippen LogP contribution in [0.15, 0.2) is 65.1 Å². The van der Waals surface area contributed by atoms with Gasteiger partial charge < -0.3 is 34.0 Å². The number of anilines is 3. The Morgan fingerprint density at radius 3 is 2.56 bits per heavy atom. The van der Waals surface area contributed by atoms with E-state index in [9.17, 15) is 19.8 Å². The maximum absolute atomic E-state index is 15.9. The highest BCUT2D eigenvalue weighted by Crippen LogP contribution is 2.60. The van der Waals surface area contributed by atoms with Gasteiger partial charge in [0.25, 0.3) is 5.91 Å². The fraction of sp³-hybridized carbons (Fsp3) is 0.474. The number of hydrogen-bond acceptors (Lipinski definition) is 7. The van der Waals surface area contributed by atoms with E-state index in [0.29, 0.717) is 42.9 Å². The summed E-state index contributed by atoms with van der Waals surface area (Å²) in [6.07, 6.45) is 1.58. The minimum Gasteiger partial charge on any atom is -0.494 e. The van der Waals surface area contributed by atoms with Gasteiger partial charge in [-0.15, -0.1) is 0 Å². The highest BCUT2D eigenvalue weighted by Gasteiger charge is 2.66. The number of amides is 2. The van der Waals surface area contributed by atoms with Gasteiger partial charge in [0.05, 0.1) is 36.7 Å². The number of unbranched alkanes of at least 4 members (excludes halogenated alkanes) is 1. The molecule has 1 spiro atoms. The number of benzene rings is 3. The maximum atomic E-state index is 15.9. The number of halogens is 2. The monoisotopic (exact) mass is 767 g/mol. The molecule has 3 N–H and O–H groups in total. The van der Waals surface area contributed by atoms with E-state index in [1.54, 1.807) is 22.9 Å². The fourth-order valence-corrected chi connectivity index (χ4v) is 11.2. The van der Waals surface area contributed by atoms with Crippen LogP contribution in [0.4, 0.5) is 21.2 Å². The van der Waals surface area contributed by atoms with E-state index in [4.69, 9.17) is 9.47 Å². The Balaban J connectivity index is 1.35. The average Bonchev–Trinajstić information content (AvgIpc) is 3.49. The summed E-state index contributed by atoms with van der Waals surface area (Å²) >= 11 is 3.58. The third-order valence-electron chi connectivity index (χ3n) is 10.4.